The van der Waals surface area contributed by atoms with E-state index in [-0.39, 0.29) is 18.5 Å². The predicted molar refractivity (Wildman–Crippen MR) is 61.9 cm³/mol. The SMILES string of the molecule is CCOC(=O)Cc1ccc(C=O)c(C#N)c1C(F)(F)F. The summed E-state index contributed by atoms with van der Waals surface area (Å²) < 4.78 is 43.7. The summed E-state index contributed by atoms with van der Waals surface area (Å²) >= 11 is 0. The van der Waals surface area contributed by atoms with Crippen LogP contribution >= 0.6 is 0 Å². The fraction of sp³-hybridized carbons (Fsp3) is 0.308. The largest absolute Gasteiger partial charge is 0.466 e. The molecule has 0 amide bonds. The van der Waals surface area contributed by atoms with Crippen molar-refractivity contribution in [3.8, 4) is 6.07 Å². The minimum absolute atomic E-state index is 0.0394. The standard InChI is InChI=1S/C13H10F3NO3/c1-2-20-11(19)5-8-3-4-9(7-18)10(6-17)12(8)13(14,15)16/h3-4,7H,2,5H2,1H3. The van der Waals surface area contributed by atoms with Crippen molar-refractivity contribution < 1.29 is 27.5 Å². The van der Waals surface area contributed by atoms with Crippen LogP contribution in [0.3, 0.4) is 0 Å². The molecule has 0 aliphatic heterocycles. The van der Waals surface area contributed by atoms with Crippen molar-refractivity contribution in [2.45, 2.75) is 19.5 Å². The number of esters is 1. The summed E-state index contributed by atoms with van der Waals surface area (Å²) in [5, 5.41) is 8.83. The fourth-order valence-electron chi connectivity index (χ4n) is 1.72. The molecule has 0 radical (unpaired) electrons. The van der Waals surface area contributed by atoms with E-state index in [2.05, 4.69) is 4.74 Å². The van der Waals surface area contributed by atoms with Gasteiger partial charge in [0.1, 0.15) is 6.07 Å². The van der Waals surface area contributed by atoms with Gasteiger partial charge in [-0.15, -0.1) is 0 Å². The second kappa shape index (κ2) is 6.19. The molecule has 0 N–H and O–H groups in total. The molecular formula is C13H10F3NO3. The molecule has 0 spiro atoms. The summed E-state index contributed by atoms with van der Waals surface area (Å²) in [6.45, 7) is 1.57. The monoisotopic (exact) mass is 285 g/mol. The summed E-state index contributed by atoms with van der Waals surface area (Å²) in [7, 11) is 0. The number of ether oxygens (including phenoxy) is 1. The molecule has 0 heterocycles. The van der Waals surface area contributed by atoms with Gasteiger partial charge in [0.2, 0.25) is 0 Å². The lowest BCUT2D eigenvalue weighted by atomic mass is 9.95. The number of nitriles is 1. The minimum Gasteiger partial charge on any atom is -0.466 e. The maximum Gasteiger partial charge on any atom is 0.417 e. The first-order chi connectivity index (χ1) is 9.35. The fourth-order valence-corrected chi connectivity index (χ4v) is 1.72. The summed E-state index contributed by atoms with van der Waals surface area (Å²) in [4.78, 5) is 22.0. The number of benzene rings is 1. The highest BCUT2D eigenvalue weighted by Gasteiger charge is 2.37. The van der Waals surface area contributed by atoms with Crippen LogP contribution in [0.1, 0.15) is 34.0 Å². The van der Waals surface area contributed by atoms with Crippen LogP contribution in [-0.4, -0.2) is 18.9 Å². The second-order valence-electron chi connectivity index (χ2n) is 3.77. The molecule has 0 fully saturated rings. The van der Waals surface area contributed by atoms with Gasteiger partial charge in [-0.3, -0.25) is 9.59 Å². The molecular weight excluding hydrogens is 275 g/mol. The predicted octanol–water partition coefficient (Wildman–Crippen LogP) is 2.50. The minimum atomic E-state index is -4.84. The second-order valence-corrected chi connectivity index (χ2v) is 3.77. The molecule has 7 heteroatoms. The van der Waals surface area contributed by atoms with Crippen LogP contribution in [0.2, 0.25) is 0 Å². The molecule has 1 rings (SSSR count). The Morgan fingerprint density at radius 3 is 2.55 bits per heavy atom. The lowest BCUT2D eigenvalue weighted by Gasteiger charge is -2.15. The number of carbonyl (C=O) groups excluding carboxylic acids is 2. The van der Waals surface area contributed by atoms with Crippen LogP contribution in [-0.2, 0) is 22.1 Å². The highest BCUT2D eigenvalue weighted by molar-refractivity contribution is 5.82. The van der Waals surface area contributed by atoms with Crippen LogP contribution in [0.25, 0.3) is 0 Å². The van der Waals surface area contributed by atoms with Crippen LogP contribution in [0, 0.1) is 11.3 Å². The molecule has 0 aliphatic carbocycles. The molecule has 0 aliphatic rings. The average molecular weight is 285 g/mol. The Morgan fingerprint density at radius 1 is 1.45 bits per heavy atom. The van der Waals surface area contributed by atoms with Gasteiger partial charge >= 0.3 is 12.1 Å². The Hall–Kier alpha value is -2.36. The summed E-state index contributed by atoms with van der Waals surface area (Å²) in [5.41, 5.74) is -2.81. The topological polar surface area (TPSA) is 67.2 Å². The molecule has 0 atom stereocenters. The van der Waals surface area contributed by atoms with Gasteiger partial charge < -0.3 is 4.74 Å². The van der Waals surface area contributed by atoms with Crippen LogP contribution in [0.15, 0.2) is 12.1 Å². The maximum absolute atomic E-state index is 13.0. The highest BCUT2D eigenvalue weighted by atomic mass is 19.4. The number of halogens is 3. The van der Waals surface area contributed by atoms with Crippen molar-refractivity contribution in [1.29, 1.82) is 5.26 Å². The zero-order chi connectivity index (χ0) is 15.3. The molecule has 20 heavy (non-hydrogen) atoms. The Morgan fingerprint density at radius 2 is 2.10 bits per heavy atom. The number of hydrogen-bond acceptors (Lipinski definition) is 4. The van der Waals surface area contributed by atoms with E-state index in [1.165, 1.54) is 13.0 Å². The third kappa shape index (κ3) is 3.35. The molecule has 0 saturated heterocycles. The quantitative estimate of drug-likeness (QED) is 0.629. The van der Waals surface area contributed by atoms with Crippen molar-refractivity contribution in [3.05, 3.63) is 34.4 Å². The molecule has 1 aromatic carbocycles. The van der Waals surface area contributed by atoms with E-state index in [0.717, 1.165) is 12.1 Å². The van der Waals surface area contributed by atoms with Crippen molar-refractivity contribution in [2.24, 2.45) is 0 Å². The number of carbonyl (C=O) groups is 2. The summed E-state index contributed by atoms with van der Waals surface area (Å²) in [5.74, 6) is -0.833. The van der Waals surface area contributed by atoms with Gasteiger partial charge in [0.05, 0.1) is 24.2 Å². The summed E-state index contributed by atoms with van der Waals surface area (Å²) in [6, 6.07) is 3.45. The smallest absolute Gasteiger partial charge is 0.417 e. The van der Waals surface area contributed by atoms with Gasteiger partial charge in [-0.2, -0.15) is 18.4 Å². The number of alkyl halides is 3. The van der Waals surface area contributed by atoms with Crippen molar-refractivity contribution in [1.82, 2.24) is 0 Å². The van der Waals surface area contributed by atoms with E-state index >= 15 is 0 Å². The van der Waals surface area contributed by atoms with Gasteiger partial charge in [0.15, 0.2) is 6.29 Å². The molecule has 0 bridgehead atoms. The number of rotatable bonds is 4. The maximum atomic E-state index is 13.0. The van der Waals surface area contributed by atoms with E-state index in [1.807, 2.05) is 0 Å². The van der Waals surface area contributed by atoms with Crippen molar-refractivity contribution >= 4 is 12.3 Å². The van der Waals surface area contributed by atoms with E-state index < -0.39 is 35.3 Å². The Bertz CT molecular complexity index is 573. The Labute approximate surface area is 112 Å². The molecule has 0 unspecified atom stereocenters. The van der Waals surface area contributed by atoms with Crippen molar-refractivity contribution in [2.75, 3.05) is 6.61 Å². The molecule has 0 saturated carbocycles. The zero-order valence-corrected chi connectivity index (χ0v) is 10.5. The molecule has 1 aromatic rings. The van der Waals surface area contributed by atoms with Crippen LogP contribution < -0.4 is 0 Å². The van der Waals surface area contributed by atoms with Crippen molar-refractivity contribution in [3.63, 3.8) is 0 Å². The lowest BCUT2D eigenvalue weighted by molar-refractivity contribution is -0.143. The van der Waals surface area contributed by atoms with Crippen LogP contribution in [0.4, 0.5) is 13.2 Å². The van der Waals surface area contributed by atoms with Gasteiger partial charge in [-0.1, -0.05) is 12.1 Å². The third-order valence-corrected chi connectivity index (χ3v) is 2.49. The molecule has 106 valence electrons. The van der Waals surface area contributed by atoms with Gasteiger partial charge in [-0.25, -0.2) is 0 Å². The zero-order valence-electron chi connectivity index (χ0n) is 10.5. The van der Waals surface area contributed by atoms with E-state index in [9.17, 15) is 22.8 Å². The van der Waals surface area contributed by atoms with Gasteiger partial charge in [-0.05, 0) is 12.5 Å². The molecule has 0 aromatic heterocycles. The first-order valence-corrected chi connectivity index (χ1v) is 5.59. The highest BCUT2D eigenvalue weighted by Crippen LogP contribution is 2.36. The summed E-state index contributed by atoms with van der Waals surface area (Å²) in [6.07, 6.45) is -5.29. The van der Waals surface area contributed by atoms with Gasteiger partial charge in [0.25, 0.3) is 0 Å². The van der Waals surface area contributed by atoms with Crippen LogP contribution in [0.5, 0.6) is 0 Å². The van der Waals surface area contributed by atoms with E-state index in [1.54, 1.807) is 0 Å². The lowest BCUT2D eigenvalue weighted by Crippen LogP contribution is -2.17. The number of nitrogens with zero attached hydrogens (tertiary/aromatic N) is 1. The third-order valence-electron chi connectivity index (χ3n) is 2.49. The van der Waals surface area contributed by atoms with Gasteiger partial charge in [0, 0.05) is 5.56 Å². The first-order valence-electron chi connectivity index (χ1n) is 5.59. The van der Waals surface area contributed by atoms with E-state index in [4.69, 9.17) is 5.26 Å². The number of hydrogen-bond donors (Lipinski definition) is 0. The average Bonchev–Trinajstić information content (AvgIpc) is 2.36. The normalized spacial score (nSPS) is 10.8. The first kappa shape index (κ1) is 15.7. The Kier molecular flexibility index (Phi) is 4.86. The molecule has 4 nitrogen and oxygen atoms in total. The van der Waals surface area contributed by atoms with E-state index in [0.29, 0.717) is 0 Å². The Balaban J connectivity index is 3.42. The number of aldehydes is 1.